The number of halogens is 1. The van der Waals surface area contributed by atoms with Crippen molar-refractivity contribution in [2.75, 3.05) is 26.1 Å². The number of methoxy groups -OCH3 is 1. The topological polar surface area (TPSA) is 46.6 Å². The van der Waals surface area contributed by atoms with E-state index in [1.165, 1.54) is 0 Å². The fourth-order valence-electron chi connectivity index (χ4n) is 2.48. The summed E-state index contributed by atoms with van der Waals surface area (Å²) in [7, 11) is -1.85. The number of hydrogen-bond acceptors (Lipinski definition) is 3. The Kier molecular flexibility index (Phi) is 5.29. The van der Waals surface area contributed by atoms with E-state index in [0.717, 1.165) is 24.8 Å². The van der Waals surface area contributed by atoms with E-state index >= 15 is 0 Å². The molecule has 1 aromatic carbocycles. The fraction of sp³-hybridized carbons (Fsp3) is 0.571. The van der Waals surface area contributed by atoms with Gasteiger partial charge in [-0.15, -0.1) is 11.6 Å². The van der Waals surface area contributed by atoms with E-state index < -0.39 is 10.0 Å². The van der Waals surface area contributed by atoms with Gasteiger partial charge in [0, 0.05) is 19.0 Å². The number of benzene rings is 1. The lowest BCUT2D eigenvalue weighted by molar-refractivity contribution is 0.346. The van der Waals surface area contributed by atoms with Gasteiger partial charge in [-0.05, 0) is 43.0 Å². The van der Waals surface area contributed by atoms with Gasteiger partial charge in [-0.3, -0.25) is 0 Å². The van der Waals surface area contributed by atoms with Gasteiger partial charge in [-0.2, -0.15) is 4.31 Å². The molecule has 0 amide bonds. The molecule has 1 aliphatic rings. The van der Waals surface area contributed by atoms with Gasteiger partial charge in [0.05, 0.1) is 12.0 Å². The third kappa shape index (κ3) is 3.27. The van der Waals surface area contributed by atoms with Crippen LogP contribution < -0.4 is 4.74 Å². The lowest BCUT2D eigenvalue weighted by atomic mass is 10.1. The number of rotatable bonds is 5. The van der Waals surface area contributed by atoms with Crippen molar-refractivity contribution in [1.82, 2.24) is 4.31 Å². The van der Waals surface area contributed by atoms with Crippen molar-refractivity contribution in [2.45, 2.75) is 30.6 Å². The van der Waals surface area contributed by atoms with Crippen molar-refractivity contribution >= 4 is 21.6 Å². The summed E-state index contributed by atoms with van der Waals surface area (Å²) < 4.78 is 32.2. The minimum Gasteiger partial charge on any atom is -0.497 e. The van der Waals surface area contributed by atoms with E-state index in [1.807, 2.05) is 0 Å². The summed E-state index contributed by atoms with van der Waals surface area (Å²) in [6, 6.07) is 5.08. The van der Waals surface area contributed by atoms with Gasteiger partial charge < -0.3 is 4.74 Å². The van der Waals surface area contributed by atoms with Crippen molar-refractivity contribution < 1.29 is 13.2 Å². The highest BCUT2D eigenvalue weighted by molar-refractivity contribution is 7.89. The summed E-state index contributed by atoms with van der Waals surface area (Å²) in [5.74, 6) is 1.04. The summed E-state index contributed by atoms with van der Waals surface area (Å²) in [6.07, 6.45) is 3.48. The first kappa shape index (κ1) is 15.6. The second kappa shape index (κ2) is 6.78. The molecule has 4 nitrogen and oxygen atoms in total. The number of nitrogens with zero attached hydrogens (tertiary/aromatic N) is 1. The van der Waals surface area contributed by atoms with E-state index in [4.69, 9.17) is 16.3 Å². The molecule has 0 saturated carbocycles. The van der Waals surface area contributed by atoms with Crippen LogP contribution in [0.15, 0.2) is 23.1 Å². The average Bonchev–Trinajstić information content (AvgIpc) is 2.48. The van der Waals surface area contributed by atoms with Gasteiger partial charge in [0.1, 0.15) is 5.75 Å². The smallest absolute Gasteiger partial charge is 0.243 e. The summed E-state index contributed by atoms with van der Waals surface area (Å²) in [5.41, 5.74) is 0.727. The normalized spacial score (nSPS) is 17.1. The fourth-order valence-corrected chi connectivity index (χ4v) is 4.43. The van der Waals surface area contributed by atoms with Crippen molar-refractivity contribution in [2.24, 2.45) is 0 Å². The first-order valence-electron chi connectivity index (χ1n) is 6.82. The number of hydrogen-bond donors (Lipinski definition) is 0. The zero-order valence-electron chi connectivity index (χ0n) is 11.6. The molecule has 112 valence electrons. The highest BCUT2D eigenvalue weighted by atomic mass is 35.5. The molecule has 0 N–H and O–H groups in total. The first-order valence-corrected chi connectivity index (χ1v) is 8.80. The molecule has 1 fully saturated rings. The Morgan fingerprint density at radius 2 is 1.95 bits per heavy atom. The zero-order valence-corrected chi connectivity index (χ0v) is 13.2. The number of alkyl halides is 1. The Morgan fingerprint density at radius 3 is 2.55 bits per heavy atom. The minimum absolute atomic E-state index is 0.362. The summed E-state index contributed by atoms with van der Waals surface area (Å²) in [4.78, 5) is 0.362. The minimum atomic E-state index is -3.42. The molecule has 6 heteroatoms. The highest BCUT2D eigenvalue weighted by Gasteiger charge is 2.28. The molecule has 1 saturated heterocycles. The van der Waals surface area contributed by atoms with Crippen molar-refractivity contribution in [3.8, 4) is 5.75 Å². The molecule has 0 unspecified atom stereocenters. The van der Waals surface area contributed by atoms with Crippen LogP contribution in [0.2, 0.25) is 0 Å². The maximum Gasteiger partial charge on any atom is 0.243 e. The third-order valence-electron chi connectivity index (χ3n) is 3.56. The molecule has 0 radical (unpaired) electrons. The van der Waals surface area contributed by atoms with Crippen LogP contribution >= 0.6 is 11.6 Å². The lowest BCUT2D eigenvalue weighted by Crippen LogP contribution is -2.36. The van der Waals surface area contributed by atoms with Crippen LogP contribution in [0.3, 0.4) is 0 Å². The largest absolute Gasteiger partial charge is 0.497 e. The number of sulfonamides is 1. The van der Waals surface area contributed by atoms with Crippen molar-refractivity contribution in [3.05, 3.63) is 23.8 Å². The monoisotopic (exact) mass is 317 g/mol. The van der Waals surface area contributed by atoms with E-state index in [0.29, 0.717) is 36.0 Å². The number of piperidine rings is 1. The predicted octanol–water partition coefficient (Wildman–Crippen LogP) is 2.65. The molecule has 0 aliphatic carbocycles. The SMILES string of the molecule is COc1ccc(S(=O)(=O)N2CCCCC2)c(CCCl)c1. The summed E-state index contributed by atoms with van der Waals surface area (Å²) in [5, 5.41) is 0. The number of ether oxygens (including phenoxy) is 1. The summed E-state index contributed by atoms with van der Waals surface area (Å²) in [6.45, 7) is 1.21. The second-order valence-corrected chi connectivity index (χ2v) is 7.16. The Hall–Kier alpha value is -0.780. The molecule has 2 rings (SSSR count). The van der Waals surface area contributed by atoms with Crippen molar-refractivity contribution in [1.29, 1.82) is 0 Å². The van der Waals surface area contributed by atoms with Gasteiger partial charge in [0.15, 0.2) is 0 Å². The predicted molar refractivity (Wildman–Crippen MR) is 80.0 cm³/mol. The standard InChI is InChI=1S/C14H20ClNO3S/c1-19-13-5-6-14(12(11-13)7-8-15)20(17,18)16-9-3-2-4-10-16/h5-6,11H,2-4,7-10H2,1H3. The lowest BCUT2D eigenvalue weighted by Gasteiger charge is -2.27. The van der Waals surface area contributed by atoms with Gasteiger partial charge in [0.25, 0.3) is 0 Å². The molecule has 1 aliphatic heterocycles. The molecule has 20 heavy (non-hydrogen) atoms. The van der Waals surface area contributed by atoms with E-state index in [9.17, 15) is 8.42 Å². The number of aryl methyl sites for hydroxylation is 1. The van der Waals surface area contributed by atoms with E-state index in [1.54, 1.807) is 29.6 Å². The van der Waals surface area contributed by atoms with Crippen LogP contribution in [-0.2, 0) is 16.4 Å². The maximum absolute atomic E-state index is 12.7. The highest BCUT2D eigenvalue weighted by Crippen LogP contribution is 2.27. The van der Waals surface area contributed by atoms with Crippen LogP contribution in [0.4, 0.5) is 0 Å². The van der Waals surface area contributed by atoms with E-state index in [-0.39, 0.29) is 0 Å². The first-order chi connectivity index (χ1) is 9.59. The van der Waals surface area contributed by atoms with Gasteiger partial charge in [0.2, 0.25) is 10.0 Å². The zero-order chi connectivity index (χ0) is 14.6. The van der Waals surface area contributed by atoms with Crippen LogP contribution in [0, 0.1) is 0 Å². The van der Waals surface area contributed by atoms with Crippen LogP contribution in [0.25, 0.3) is 0 Å². The third-order valence-corrected chi connectivity index (χ3v) is 5.75. The summed E-state index contributed by atoms with van der Waals surface area (Å²) >= 11 is 5.79. The van der Waals surface area contributed by atoms with Crippen LogP contribution in [0.1, 0.15) is 24.8 Å². The van der Waals surface area contributed by atoms with Crippen LogP contribution in [0.5, 0.6) is 5.75 Å². The maximum atomic E-state index is 12.7. The molecule has 1 aromatic rings. The van der Waals surface area contributed by atoms with Crippen molar-refractivity contribution in [3.63, 3.8) is 0 Å². The molecular weight excluding hydrogens is 298 g/mol. The Balaban J connectivity index is 2.39. The van der Waals surface area contributed by atoms with E-state index in [2.05, 4.69) is 0 Å². The molecule has 1 heterocycles. The molecule has 0 aromatic heterocycles. The Bertz CT molecular complexity index is 554. The van der Waals surface area contributed by atoms with Gasteiger partial charge in [-0.1, -0.05) is 6.42 Å². The van der Waals surface area contributed by atoms with Gasteiger partial charge >= 0.3 is 0 Å². The molecular formula is C14H20ClNO3S. The Morgan fingerprint density at radius 1 is 1.25 bits per heavy atom. The quantitative estimate of drug-likeness (QED) is 0.784. The second-order valence-electron chi connectivity index (χ2n) is 4.88. The molecule has 0 spiro atoms. The molecule has 0 bridgehead atoms. The Labute approximate surface area is 125 Å². The van der Waals surface area contributed by atoms with Gasteiger partial charge in [-0.25, -0.2) is 8.42 Å². The van der Waals surface area contributed by atoms with Crippen LogP contribution in [-0.4, -0.2) is 38.8 Å². The molecule has 0 atom stereocenters. The average molecular weight is 318 g/mol.